The Balaban J connectivity index is 1.74. The van der Waals surface area contributed by atoms with Crippen molar-refractivity contribution in [1.29, 1.82) is 0 Å². The first-order valence-electron chi connectivity index (χ1n) is 5.62. The zero-order valence-corrected chi connectivity index (χ0v) is 10.2. The average Bonchev–Trinajstić information content (AvgIpc) is 2.83. The normalized spacial score (nSPS) is 19.2. The van der Waals surface area contributed by atoms with E-state index in [-0.39, 0.29) is 18.6 Å². The van der Waals surface area contributed by atoms with E-state index in [4.69, 9.17) is 16.3 Å². The lowest BCUT2D eigenvalue weighted by Crippen LogP contribution is -2.24. The van der Waals surface area contributed by atoms with Crippen molar-refractivity contribution in [3.8, 4) is 0 Å². The van der Waals surface area contributed by atoms with Gasteiger partial charge in [0.2, 0.25) is 5.91 Å². The number of hydrogen-bond donors (Lipinski definition) is 2. The van der Waals surface area contributed by atoms with E-state index in [0.717, 1.165) is 25.2 Å². The van der Waals surface area contributed by atoms with Crippen LogP contribution in [0.4, 0.5) is 5.69 Å². The Labute approximate surface area is 105 Å². The Hall–Kier alpha value is -1.10. The van der Waals surface area contributed by atoms with Gasteiger partial charge in [0, 0.05) is 17.3 Å². The molecule has 0 radical (unpaired) electrons. The number of hydrogen-bond acceptors (Lipinski definition) is 3. The number of nitrogens with one attached hydrogen (secondary N) is 2. The second-order valence-electron chi connectivity index (χ2n) is 3.98. The van der Waals surface area contributed by atoms with Gasteiger partial charge in [0.1, 0.15) is 6.61 Å². The van der Waals surface area contributed by atoms with Gasteiger partial charge in [-0.2, -0.15) is 0 Å². The quantitative estimate of drug-likeness (QED) is 0.859. The summed E-state index contributed by atoms with van der Waals surface area (Å²) in [6, 6.07) is 6.99. The zero-order chi connectivity index (χ0) is 12.1. The molecule has 0 spiro atoms. The number of anilines is 1. The first kappa shape index (κ1) is 12.4. The first-order chi connectivity index (χ1) is 8.24. The fourth-order valence-electron chi connectivity index (χ4n) is 1.69. The summed E-state index contributed by atoms with van der Waals surface area (Å²) in [6.07, 6.45) is 1.12. The maximum atomic E-state index is 11.6. The summed E-state index contributed by atoms with van der Waals surface area (Å²) in [5.74, 6) is -0.140. The molecular weight excluding hydrogens is 240 g/mol. The summed E-state index contributed by atoms with van der Waals surface area (Å²) >= 11 is 5.75. The number of carbonyl (C=O) groups excluding carboxylic acids is 1. The van der Waals surface area contributed by atoms with Gasteiger partial charge in [-0.3, -0.25) is 4.79 Å². The summed E-state index contributed by atoms with van der Waals surface area (Å²) in [5.41, 5.74) is 0.729. The fourth-order valence-corrected chi connectivity index (χ4v) is 1.82. The van der Waals surface area contributed by atoms with Crippen molar-refractivity contribution >= 4 is 23.2 Å². The third-order valence-corrected chi connectivity index (χ3v) is 2.85. The Kier molecular flexibility index (Phi) is 4.36. The molecule has 1 saturated heterocycles. The van der Waals surface area contributed by atoms with Gasteiger partial charge >= 0.3 is 0 Å². The predicted molar refractivity (Wildman–Crippen MR) is 67.3 cm³/mol. The van der Waals surface area contributed by atoms with Gasteiger partial charge in [0.05, 0.1) is 6.10 Å². The molecule has 0 saturated carbocycles. The van der Waals surface area contributed by atoms with Crippen LogP contribution >= 0.6 is 11.6 Å². The molecule has 0 aromatic heterocycles. The van der Waals surface area contributed by atoms with Crippen LogP contribution in [-0.2, 0) is 9.53 Å². The number of amides is 1. The number of ether oxygens (including phenoxy) is 1. The number of rotatable bonds is 4. The standard InChI is InChI=1S/C12H15ClN2O2/c13-9-1-3-10(4-2-9)15-12(16)8-17-11-5-6-14-7-11/h1-4,11,14H,5-8H2,(H,15,16). The van der Waals surface area contributed by atoms with Crippen LogP contribution in [0.5, 0.6) is 0 Å². The molecule has 1 heterocycles. The fraction of sp³-hybridized carbons (Fsp3) is 0.417. The van der Waals surface area contributed by atoms with Crippen molar-refractivity contribution in [3.05, 3.63) is 29.3 Å². The Bertz CT molecular complexity index is 375. The van der Waals surface area contributed by atoms with Gasteiger partial charge in [-0.05, 0) is 37.2 Å². The lowest BCUT2D eigenvalue weighted by Gasteiger charge is -2.10. The highest BCUT2D eigenvalue weighted by Gasteiger charge is 2.15. The van der Waals surface area contributed by atoms with Crippen molar-refractivity contribution in [2.75, 3.05) is 25.0 Å². The largest absolute Gasteiger partial charge is 0.367 e. The lowest BCUT2D eigenvalue weighted by atomic mass is 10.3. The molecular formula is C12H15ClN2O2. The molecule has 92 valence electrons. The van der Waals surface area contributed by atoms with Crippen molar-refractivity contribution in [3.63, 3.8) is 0 Å². The lowest BCUT2D eigenvalue weighted by molar-refractivity contribution is -0.122. The zero-order valence-electron chi connectivity index (χ0n) is 9.41. The predicted octanol–water partition coefficient (Wildman–Crippen LogP) is 1.66. The van der Waals surface area contributed by atoms with Crippen LogP contribution < -0.4 is 10.6 Å². The second-order valence-corrected chi connectivity index (χ2v) is 4.42. The van der Waals surface area contributed by atoms with Crippen LogP contribution in [0.3, 0.4) is 0 Å². The van der Waals surface area contributed by atoms with Gasteiger partial charge in [-0.15, -0.1) is 0 Å². The Morgan fingerprint density at radius 2 is 2.24 bits per heavy atom. The van der Waals surface area contributed by atoms with E-state index in [1.807, 2.05) is 0 Å². The first-order valence-corrected chi connectivity index (χ1v) is 5.99. The number of halogens is 1. The highest BCUT2D eigenvalue weighted by molar-refractivity contribution is 6.30. The monoisotopic (exact) mass is 254 g/mol. The van der Waals surface area contributed by atoms with Gasteiger partial charge in [-0.1, -0.05) is 11.6 Å². The van der Waals surface area contributed by atoms with Crippen LogP contribution in [-0.4, -0.2) is 31.7 Å². The minimum absolute atomic E-state index is 0.0922. The SMILES string of the molecule is O=C(COC1CCNC1)Nc1ccc(Cl)cc1. The molecule has 0 aliphatic carbocycles. The van der Waals surface area contributed by atoms with E-state index in [9.17, 15) is 4.79 Å². The molecule has 1 aromatic rings. The number of benzene rings is 1. The second kappa shape index (κ2) is 6.00. The van der Waals surface area contributed by atoms with Crippen LogP contribution in [0.25, 0.3) is 0 Å². The van der Waals surface area contributed by atoms with Crippen molar-refractivity contribution in [1.82, 2.24) is 5.32 Å². The molecule has 0 bridgehead atoms. The van der Waals surface area contributed by atoms with Gasteiger partial charge in [0.25, 0.3) is 0 Å². The molecule has 1 fully saturated rings. The molecule has 17 heavy (non-hydrogen) atoms. The third kappa shape index (κ3) is 4.00. The van der Waals surface area contributed by atoms with Crippen LogP contribution in [0.2, 0.25) is 5.02 Å². The van der Waals surface area contributed by atoms with Crippen LogP contribution in [0.15, 0.2) is 24.3 Å². The summed E-state index contributed by atoms with van der Waals surface area (Å²) < 4.78 is 5.46. The molecule has 1 aliphatic rings. The summed E-state index contributed by atoms with van der Waals surface area (Å²) in [4.78, 5) is 11.6. The van der Waals surface area contributed by atoms with Crippen LogP contribution in [0, 0.1) is 0 Å². The summed E-state index contributed by atoms with van der Waals surface area (Å²) in [7, 11) is 0. The molecule has 1 aromatic carbocycles. The Morgan fingerprint density at radius 3 is 2.88 bits per heavy atom. The van der Waals surface area contributed by atoms with E-state index in [2.05, 4.69) is 10.6 Å². The molecule has 4 nitrogen and oxygen atoms in total. The molecule has 2 N–H and O–H groups in total. The minimum atomic E-state index is -0.140. The van der Waals surface area contributed by atoms with Crippen molar-refractivity contribution < 1.29 is 9.53 Å². The summed E-state index contributed by atoms with van der Waals surface area (Å²) in [5, 5.41) is 6.58. The highest BCUT2D eigenvalue weighted by atomic mass is 35.5. The maximum absolute atomic E-state index is 11.6. The number of carbonyl (C=O) groups is 1. The van der Waals surface area contributed by atoms with E-state index in [1.54, 1.807) is 24.3 Å². The van der Waals surface area contributed by atoms with Gasteiger partial charge in [-0.25, -0.2) is 0 Å². The molecule has 1 aliphatic heterocycles. The van der Waals surface area contributed by atoms with Gasteiger partial charge < -0.3 is 15.4 Å². The Morgan fingerprint density at radius 1 is 1.47 bits per heavy atom. The smallest absolute Gasteiger partial charge is 0.250 e. The maximum Gasteiger partial charge on any atom is 0.250 e. The van der Waals surface area contributed by atoms with E-state index in [0.29, 0.717) is 5.02 Å². The molecule has 1 amide bonds. The minimum Gasteiger partial charge on any atom is -0.367 e. The van der Waals surface area contributed by atoms with Crippen molar-refractivity contribution in [2.45, 2.75) is 12.5 Å². The molecule has 1 unspecified atom stereocenters. The molecule has 1 atom stereocenters. The van der Waals surface area contributed by atoms with E-state index in [1.165, 1.54) is 0 Å². The van der Waals surface area contributed by atoms with Crippen LogP contribution in [0.1, 0.15) is 6.42 Å². The topological polar surface area (TPSA) is 50.4 Å². The van der Waals surface area contributed by atoms with E-state index >= 15 is 0 Å². The summed E-state index contributed by atoms with van der Waals surface area (Å²) in [6.45, 7) is 1.88. The molecule has 2 rings (SSSR count). The van der Waals surface area contributed by atoms with Crippen molar-refractivity contribution in [2.24, 2.45) is 0 Å². The molecule has 5 heteroatoms. The van der Waals surface area contributed by atoms with Gasteiger partial charge in [0.15, 0.2) is 0 Å². The third-order valence-electron chi connectivity index (χ3n) is 2.59. The highest BCUT2D eigenvalue weighted by Crippen LogP contribution is 2.13. The average molecular weight is 255 g/mol. The van der Waals surface area contributed by atoms with E-state index < -0.39 is 0 Å².